The van der Waals surface area contributed by atoms with Crippen molar-refractivity contribution < 1.29 is 0 Å². The van der Waals surface area contributed by atoms with Crippen LogP contribution in [-0.2, 0) is 0 Å². The summed E-state index contributed by atoms with van der Waals surface area (Å²) in [6.45, 7) is 8.51. The predicted molar refractivity (Wildman–Crippen MR) is 80.3 cm³/mol. The van der Waals surface area contributed by atoms with E-state index in [1.54, 1.807) is 0 Å². The Kier molecular flexibility index (Phi) is 9.74. The van der Waals surface area contributed by atoms with Gasteiger partial charge >= 0.3 is 0 Å². The van der Waals surface area contributed by atoms with E-state index in [0.29, 0.717) is 0 Å². The molecule has 0 radical (unpaired) electrons. The lowest BCUT2D eigenvalue weighted by atomic mass is 9.82. The Morgan fingerprint density at radius 3 is 2.22 bits per heavy atom. The van der Waals surface area contributed by atoms with Crippen molar-refractivity contribution in [3.8, 4) is 0 Å². The average Bonchev–Trinajstić information content (AvgIpc) is 2.29. The van der Waals surface area contributed by atoms with Gasteiger partial charge in [0.05, 0.1) is 0 Å². The van der Waals surface area contributed by atoms with Crippen molar-refractivity contribution in [2.24, 2.45) is 39.9 Å². The molecule has 0 aliphatic carbocycles. The third-order valence-corrected chi connectivity index (χ3v) is 3.58. The van der Waals surface area contributed by atoms with E-state index in [-0.39, 0.29) is 5.96 Å². The quantitative estimate of drug-likeness (QED) is 0.317. The molecule has 0 heterocycles. The Balaban J connectivity index is 3.87. The van der Waals surface area contributed by atoms with E-state index in [0.717, 1.165) is 43.7 Å². The fourth-order valence-corrected chi connectivity index (χ4v) is 2.39. The summed E-state index contributed by atoms with van der Waals surface area (Å²) in [5, 5.41) is 0. The van der Waals surface area contributed by atoms with E-state index in [4.69, 9.17) is 17.2 Å². The van der Waals surface area contributed by atoms with Crippen LogP contribution >= 0.6 is 0 Å². The lowest BCUT2D eigenvalue weighted by Crippen LogP contribution is -2.23. The lowest BCUT2D eigenvalue weighted by molar-refractivity contribution is 0.276. The van der Waals surface area contributed by atoms with Gasteiger partial charge in [-0.1, -0.05) is 20.8 Å². The van der Waals surface area contributed by atoms with Gasteiger partial charge in [0.2, 0.25) is 0 Å². The second-order valence-corrected chi connectivity index (χ2v) is 5.72. The first-order valence-corrected chi connectivity index (χ1v) is 7.22. The highest BCUT2D eigenvalue weighted by Crippen LogP contribution is 2.26. The van der Waals surface area contributed by atoms with Gasteiger partial charge in [0.25, 0.3) is 0 Å². The molecule has 108 valence electrons. The molecule has 0 bridgehead atoms. The zero-order valence-corrected chi connectivity index (χ0v) is 12.4. The summed E-state index contributed by atoms with van der Waals surface area (Å²) in [6, 6.07) is 0. The van der Waals surface area contributed by atoms with Crippen molar-refractivity contribution in [3.63, 3.8) is 0 Å². The van der Waals surface area contributed by atoms with Gasteiger partial charge < -0.3 is 17.2 Å². The highest BCUT2D eigenvalue weighted by molar-refractivity contribution is 5.75. The molecule has 0 saturated carbocycles. The Hall–Kier alpha value is -0.770. The van der Waals surface area contributed by atoms with E-state index >= 15 is 0 Å². The minimum atomic E-state index is 0.200. The van der Waals surface area contributed by atoms with Crippen molar-refractivity contribution in [1.29, 1.82) is 0 Å². The Morgan fingerprint density at radius 1 is 1.06 bits per heavy atom. The van der Waals surface area contributed by atoms with E-state index in [1.165, 1.54) is 19.3 Å². The molecule has 0 rings (SSSR count). The van der Waals surface area contributed by atoms with Gasteiger partial charge in [-0.2, -0.15) is 0 Å². The summed E-state index contributed by atoms with van der Waals surface area (Å²) in [5.41, 5.74) is 16.2. The largest absolute Gasteiger partial charge is 0.370 e. The first kappa shape index (κ1) is 17.2. The van der Waals surface area contributed by atoms with Gasteiger partial charge in [0, 0.05) is 6.54 Å². The Labute approximate surface area is 112 Å². The molecule has 0 aliphatic heterocycles. The third kappa shape index (κ3) is 9.28. The molecule has 18 heavy (non-hydrogen) atoms. The standard InChI is InChI=1S/C14H32N4/c1-11(2)13(7-4-8-15)10-12(3)6-5-9-18-14(16)17/h11-13H,4-10,15H2,1-3H3,(H4,16,17,18). The second kappa shape index (κ2) is 10.2. The molecule has 0 aliphatic rings. The molecular formula is C14H32N4. The van der Waals surface area contributed by atoms with Crippen molar-refractivity contribution in [2.75, 3.05) is 13.1 Å². The molecule has 2 unspecified atom stereocenters. The molecule has 0 spiro atoms. The highest BCUT2D eigenvalue weighted by atomic mass is 15.0. The van der Waals surface area contributed by atoms with Gasteiger partial charge in [-0.3, -0.25) is 4.99 Å². The fourth-order valence-electron chi connectivity index (χ4n) is 2.39. The molecule has 0 amide bonds. The van der Waals surface area contributed by atoms with Gasteiger partial charge in [-0.05, 0) is 56.4 Å². The van der Waals surface area contributed by atoms with E-state index in [1.807, 2.05) is 0 Å². The van der Waals surface area contributed by atoms with Crippen molar-refractivity contribution in [3.05, 3.63) is 0 Å². The number of nitrogens with zero attached hydrogens (tertiary/aromatic N) is 1. The Bertz CT molecular complexity index is 222. The molecule has 0 aromatic heterocycles. The van der Waals surface area contributed by atoms with Crippen LogP contribution in [-0.4, -0.2) is 19.0 Å². The summed E-state index contributed by atoms with van der Waals surface area (Å²) in [4.78, 5) is 4.02. The third-order valence-electron chi connectivity index (χ3n) is 3.58. The zero-order valence-electron chi connectivity index (χ0n) is 12.4. The molecule has 0 fully saturated rings. The first-order valence-electron chi connectivity index (χ1n) is 7.22. The predicted octanol–water partition coefficient (Wildman–Crippen LogP) is 2.08. The van der Waals surface area contributed by atoms with Crippen LogP contribution < -0.4 is 17.2 Å². The minimum absolute atomic E-state index is 0.200. The van der Waals surface area contributed by atoms with Crippen LogP contribution in [0.4, 0.5) is 0 Å². The maximum atomic E-state index is 5.60. The minimum Gasteiger partial charge on any atom is -0.370 e. The summed E-state index contributed by atoms with van der Waals surface area (Å²) in [6.07, 6.45) is 5.96. The van der Waals surface area contributed by atoms with E-state index < -0.39 is 0 Å². The van der Waals surface area contributed by atoms with Crippen LogP contribution in [0.5, 0.6) is 0 Å². The van der Waals surface area contributed by atoms with Crippen molar-refractivity contribution in [1.82, 2.24) is 0 Å². The highest BCUT2D eigenvalue weighted by Gasteiger charge is 2.16. The maximum absolute atomic E-state index is 5.60. The second-order valence-electron chi connectivity index (χ2n) is 5.72. The molecule has 6 N–H and O–H groups in total. The Morgan fingerprint density at radius 2 is 1.72 bits per heavy atom. The normalized spacial score (nSPS) is 14.5. The first-order chi connectivity index (χ1) is 8.47. The van der Waals surface area contributed by atoms with E-state index in [9.17, 15) is 0 Å². The summed E-state index contributed by atoms with van der Waals surface area (Å²) >= 11 is 0. The van der Waals surface area contributed by atoms with Crippen molar-refractivity contribution >= 4 is 5.96 Å². The number of guanidine groups is 1. The fraction of sp³-hybridized carbons (Fsp3) is 0.929. The van der Waals surface area contributed by atoms with Crippen LogP contribution in [0.25, 0.3) is 0 Å². The maximum Gasteiger partial charge on any atom is 0.185 e. The summed E-state index contributed by atoms with van der Waals surface area (Å²) in [7, 11) is 0. The zero-order chi connectivity index (χ0) is 14.0. The number of nitrogens with two attached hydrogens (primary N) is 3. The average molecular weight is 256 g/mol. The molecule has 0 saturated heterocycles. The summed E-state index contributed by atoms with van der Waals surface area (Å²) < 4.78 is 0. The lowest BCUT2D eigenvalue weighted by Gasteiger charge is -2.24. The number of hydrogen-bond acceptors (Lipinski definition) is 2. The van der Waals surface area contributed by atoms with Crippen LogP contribution in [0.3, 0.4) is 0 Å². The van der Waals surface area contributed by atoms with Gasteiger partial charge in [-0.15, -0.1) is 0 Å². The monoisotopic (exact) mass is 256 g/mol. The molecule has 4 heteroatoms. The van der Waals surface area contributed by atoms with Crippen molar-refractivity contribution in [2.45, 2.75) is 52.9 Å². The smallest absolute Gasteiger partial charge is 0.185 e. The molecule has 4 nitrogen and oxygen atoms in total. The molecular weight excluding hydrogens is 224 g/mol. The molecule has 2 atom stereocenters. The number of hydrogen-bond donors (Lipinski definition) is 3. The van der Waals surface area contributed by atoms with Crippen LogP contribution in [0.2, 0.25) is 0 Å². The van der Waals surface area contributed by atoms with Gasteiger partial charge in [0.15, 0.2) is 5.96 Å². The SMILES string of the molecule is CC(CCCN=C(N)N)CC(CCCN)C(C)C. The van der Waals surface area contributed by atoms with E-state index in [2.05, 4.69) is 25.8 Å². The van der Waals surface area contributed by atoms with Gasteiger partial charge in [-0.25, -0.2) is 0 Å². The van der Waals surface area contributed by atoms with Crippen LogP contribution in [0.1, 0.15) is 52.9 Å². The summed E-state index contributed by atoms with van der Waals surface area (Å²) in [5.74, 6) is 2.48. The number of aliphatic imine (C=N–C) groups is 1. The molecule has 0 aromatic carbocycles. The molecule has 0 aromatic rings. The van der Waals surface area contributed by atoms with Gasteiger partial charge in [0.1, 0.15) is 0 Å². The van der Waals surface area contributed by atoms with Crippen LogP contribution in [0, 0.1) is 17.8 Å². The number of rotatable bonds is 10. The van der Waals surface area contributed by atoms with Crippen LogP contribution in [0.15, 0.2) is 4.99 Å². The topological polar surface area (TPSA) is 90.4 Å².